The summed E-state index contributed by atoms with van der Waals surface area (Å²) in [5.41, 5.74) is 5.65. The third kappa shape index (κ3) is 6.04. The van der Waals surface area contributed by atoms with Crippen molar-refractivity contribution in [3.8, 4) is 5.75 Å². The van der Waals surface area contributed by atoms with Gasteiger partial charge in [-0.05, 0) is 55.3 Å². The maximum atomic E-state index is 13.0. The second-order valence-electron chi connectivity index (χ2n) is 9.29. The van der Waals surface area contributed by atoms with Gasteiger partial charge in [0.1, 0.15) is 18.0 Å². The maximum absolute atomic E-state index is 13.0. The van der Waals surface area contributed by atoms with Crippen molar-refractivity contribution in [2.75, 3.05) is 45.7 Å². The number of allylic oxidation sites excluding steroid dienone is 1. The van der Waals surface area contributed by atoms with Crippen molar-refractivity contribution in [2.45, 2.75) is 20.4 Å². The Morgan fingerprint density at radius 2 is 1.86 bits per heavy atom. The molecule has 0 radical (unpaired) electrons. The van der Waals surface area contributed by atoms with Crippen molar-refractivity contribution >= 4 is 34.5 Å². The van der Waals surface area contributed by atoms with Gasteiger partial charge in [-0.2, -0.15) is 0 Å². The highest BCUT2D eigenvalue weighted by molar-refractivity contribution is 6.09. The number of carbonyl (C=O) groups is 2. The lowest BCUT2D eigenvalue weighted by Crippen LogP contribution is -2.46. The number of nitrogens with one attached hydrogen (secondary N) is 1. The van der Waals surface area contributed by atoms with E-state index in [4.69, 9.17) is 4.74 Å². The number of anilines is 1. The molecule has 7 heteroatoms. The minimum absolute atomic E-state index is 0.0716. The molecule has 0 fully saturated rings. The molecule has 1 aliphatic rings. The highest BCUT2D eigenvalue weighted by atomic mass is 16.5. The van der Waals surface area contributed by atoms with Crippen LogP contribution in [-0.2, 0) is 6.54 Å². The Kier molecular flexibility index (Phi) is 8.72. The molecule has 2 aromatic carbocycles. The van der Waals surface area contributed by atoms with Crippen molar-refractivity contribution in [3.63, 3.8) is 0 Å². The van der Waals surface area contributed by atoms with Gasteiger partial charge in [0.25, 0.3) is 11.8 Å². The summed E-state index contributed by atoms with van der Waals surface area (Å²) in [4.78, 5) is 29.5. The first-order chi connectivity index (χ1) is 17.2. The van der Waals surface area contributed by atoms with Gasteiger partial charge < -0.3 is 19.9 Å². The van der Waals surface area contributed by atoms with Crippen molar-refractivity contribution in [2.24, 2.45) is 0 Å². The van der Waals surface area contributed by atoms with Crippen LogP contribution in [0.15, 0.2) is 61.2 Å². The van der Waals surface area contributed by atoms with Crippen LogP contribution in [0.2, 0.25) is 0 Å². The fourth-order valence-corrected chi connectivity index (χ4v) is 4.10. The minimum atomic E-state index is -0.133. The van der Waals surface area contributed by atoms with Crippen LogP contribution in [0.1, 0.15) is 40.3 Å². The normalized spacial score (nSPS) is 12.6. The summed E-state index contributed by atoms with van der Waals surface area (Å²) in [7, 11) is 5.61. The number of benzene rings is 2. The Morgan fingerprint density at radius 1 is 1.14 bits per heavy atom. The standard InChI is InChI=1S/C25H28N4O3.C4H8/c1-5-18-7-6-17(12-22(18)27(2)3)15-26-10-11-28-16-24(30)29-21-9-8-20(32-4)13-19(21)14-23(29)25(28)31;1-4(2)3/h5-9,12-14,26H,1,10-11,15-16H2,2-4H3;1H2,2-3H3. The number of rotatable bonds is 8. The van der Waals surface area contributed by atoms with Gasteiger partial charge in [-0.15, -0.1) is 6.58 Å². The van der Waals surface area contributed by atoms with E-state index in [0.29, 0.717) is 31.1 Å². The molecule has 0 unspecified atom stereocenters. The second-order valence-corrected chi connectivity index (χ2v) is 9.29. The number of carbonyl (C=O) groups excluding carboxylic acids is 2. The molecule has 0 saturated heterocycles. The van der Waals surface area contributed by atoms with Gasteiger partial charge in [-0.25, -0.2) is 0 Å². The minimum Gasteiger partial charge on any atom is -0.497 e. The predicted molar refractivity (Wildman–Crippen MR) is 148 cm³/mol. The van der Waals surface area contributed by atoms with Gasteiger partial charge in [0.2, 0.25) is 0 Å². The Hall–Kier alpha value is -3.84. The van der Waals surface area contributed by atoms with E-state index in [1.54, 1.807) is 24.1 Å². The zero-order valence-electron chi connectivity index (χ0n) is 21.9. The summed E-state index contributed by atoms with van der Waals surface area (Å²) < 4.78 is 6.78. The van der Waals surface area contributed by atoms with Gasteiger partial charge in [0.15, 0.2) is 0 Å². The molecule has 1 aromatic heterocycles. The monoisotopic (exact) mass is 488 g/mol. The van der Waals surface area contributed by atoms with Crippen LogP contribution >= 0.6 is 0 Å². The topological polar surface area (TPSA) is 66.8 Å². The Morgan fingerprint density at radius 3 is 2.50 bits per heavy atom. The molecule has 0 saturated carbocycles. The molecule has 2 heterocycles. The quantitative estimate of drug-likeness (QED) is 0.364. The fourth-order valence-electron chi connectivity index (χ4n) is 4.10. The van der Waals surface area contributed by atoms with Crippen LogP contribution in [0.25, 0.3) is 17.0 Å². The van der Waals surface area contributed by atoms with Gasteiger partial charge >= 0.3 is 0 Å². The van der Waals surface area contributed by atoms with E-state index < -0.39 is 0 Å². The first kappa shape index (κ1) is 26.8. The van der Waals surface area contributed by atoms with Crippen molar-refractivity contribution in [1.82, 2.24) is 14.8 Å². The average molecular weight is 489 g/mol. The summed E-state index contributed by atoms with van der Waals surface area (Å²) in [5.74, 6) is 0.460. The predicted octanol–water partition coefficient (Wildman–Crippen LogP) is 4.83. The van der Waals surface area contributed by atoms with E-state index in [1.165, 1.54) is 10.1 Å². The highest BCUT2D eigenvalue weighted by Gasteiger charge is 2.31. The third-order valence-electron chi connectivity index (χ3n) is 5.77. The molecule has 190 valence electrons. The molecular formula is C29H36N4O3. The number of amides is 1. The summed E-state index contributed by atoms with van der Waals surface area (Å²) in [6, 6.07) is 13.5. The van der Waals surface area contributed by atoms with Crippen LogP contribution in [-0.4, -0.2) is 62.1 Å². The van der Waals surface area contributed by atoms with Crippen LogP contribution in [0.4, 0.5) is 5.69 Å². The average Bonchev–Trinajstić information content (AvgIpc) is 3.23. The molecule has 0 spiro atoms. The summed E-state index contributed by atoms with van der Waals surface area (Å²) >= 11 is 0. The molecule has 1 aliphatic heterocycles. The molecule has 1 amide bonds. The molecule has 0 bridgehead atoms. The summed E-state index contributed by atoms with van der Waals surface area (Å²) in [5, 5.41) is 4.20. The third-order valence-corrected chi connectivity index (χ3v) is 5.77. The SMILES string of the molecule is C=C(C)C.C=Cc1ccc(CNCCN2CC(=O)n3c(cc4cc(OC)ccc43)C2=O)cc1N(C)C. The number of fused-ring (bicyclic) bond motifs is 3. The lowest BCUT2D eigenvalue weighted by atomic mass is 10.1. The number of methoxy groups -OCH3 is 1. The van der Waals surface area contributed by atoms with Gasteiger partial charge in [0.05, 0.1) is 12.6 Å². The Balaban J connectivity index is 0.000000840. The van der Waals surface area contributed by atoms with Crippen LogP contribution in [0, 0.1) is 0 Å². The largest absolute Gasteiger partial charge is 0.497 e. The van der Waals surface area contributed by atoms with E-state index in [9.17, 15) is 9.59 Å². The lowest BCUT2D eigenvalue weighted by molar-refractivity contribution is 0.0625. The Labute approximate surface area is 213 Å². The van der Waals surface area contributed by atoms with Crippen LogP contribution < -0.4 is 15.0 Å². The molecule has 4 rings (SSSR count). The van der Waals surface area contributed by atoms with Crippen molar-refractivity contribution in [1.29, 1.82) is 0 Å². The summed E-state index contributed by atoms with van der Waals surface area (Å²) in [6.45, 7) is 13.2. The van der Waals surface area contributed by atoms with Crippen molar-refractivity contribution < 1.29 is 14.3 Å². The van der Waals surface area contributed by atoms with Gasteiger partial charge in [0, 0.05) is 44.8 Å². The molecule has 36 heavy (non-hydrogen) atoms. The maximum Gasteiger partial charge on any atom is 0.271 e. The lowest BCUT2D eigenvalue weighted by Gasteiger charge is -2.27. The molecule has 7 nitrogen and oxygen atoms in total. The van der Waals surface area contributed by atoms with Gasteiger partial charge in [-0.3, -0.25) is 14.2 Å². The number of ether oxygens (including phenoxy) is 1. The molecular weight excluding hydrogens is 452 g/mol. The smallest absolute Gasteiger partial charge is 0.271 e. The zero-order valence-corrected chi connectivity index (χ0v) is 21.9. The van der Waals surface area contributed by atoms with Crippen molar-refractivity contribution in [3.05, 3.63) is 78.0 Å². The van der Waals surface area contributed by atoms with E-state index in [0.717, 1.165) is 27.7 Å². The van der Waals surface area contributed by atoms with Crippen LogP contribution in [0.5, 0.6) is 5.75 Å². The first-order valence-corrected chi connectivity index (χ1v) is 11.9. The van der Waals surface area contributed by atoms with E-state index in [-0.39, 0.29) is 18.4 Å². The first-order valence-electron chi connectivity index (χ1n) is 11.9. The second kappa shape index (κ2) is 11.7. The number of hydrogen-bond donors (Lipinski definition) is 1. The number of hydrogen-bond acceptors (Lipinski definition) is 5. The number of aromatic nitrogens is 1. The molecule has 1 N–H and O–H groups in total. The zero-order chi connectivity index (χ0) is 26.4. The molecule has 3 aromatic rings. The fraction of sp³-hybridized carbons (Fsp3) is 0.310. The number of nitrogens with zero attached hydrogens (tertiary/aromatic N) is 3. The molecule has 0 aliphatic carbocycles. The van der Waals surface area contributed by atoms with E-state index in [1.807, 2.05) is 46.2 Å². The van der Waals surface area contributed by atoms with Crippen LogP contribution in [0.3, 0.4) is 0 Å². The van der Waals surface area contributed by atoms with Gasteiger partial charge in [-0.1, -0.05) is 30.4 Å². The van der Waals surface area contributed by atoms with E-state index in [2.05, 4.69) is 41.6 Å². The Bertz CT molecular complexity index is 1290. The summed E-state index contributed by atoms with van der Waals surface area (Å²) in [6.07, 6.45) is 1.85. The highest BCUT2D eigenvalue weighted by Crippen LogP contribution is 2.27. The molecule has 0 atom stereocenters. The van der Waals surface area contributed by atoms with E-state index >= 15 is 0 Å².